The second kappa shape index (κ2) is 7.63. The summed E-state index contributed by atoms with van der Waals surface area (Å²) in [6, 6.07) is -0.00213. The molecule has 6 heteroatoms. The molecular formula is C15H21Cl2N3S. The van der Waals surface area contributed by atoms with Crippen LogP contribution < -0.4 is 5.32 Å². The quantitative estimate of drug-likeness (QED) is 0.759. The summed E-state index contributed by atoms with van der Waals surface area (Å²) in [4.78, 5) is 1.11. The molecule has 0 spiro atoms. The fourth-order valence-corrected chi connectivity index (χ4v) is 3.92. The minimum atomic E-state index is -0.00213. The zero-order valence-corrected chi connectivity index (χ0v) is 14.9. The summed E-state index contributed by atoms with van der Waals surface area (Å²) >= 11 is 14.6. The SMILES string of the molecule is CCCNC(c1scc(C)c1Cl)c1c(Cl)cnn1CCC. The average molecular weight is 346 g/mol. The Morgan fingerprint density at radius 3 is 2.67 bits per heavy atom. The van der Waals surface area contributed by atoms with Crippen molar-refractivity contribution in [2.75, 3.05) is 6.54 Å². The Hall–Kier alpha value is -0.550. The highest BCUT2D eigenvalue weighted by atomic mass is 35.5. The molecule has 2 aromatic heterocycles. The van der Waals surface area contributed by atoms with Gasteiger partial charge < -0.3 is 5.32 Å². The molecule has 1 atom stereocenters. The fourth-order valence-electron chi connectivity index (χ4n) is 2.30. The van der Waals surface area contributed by atoms with Gasteiger partial charge in [0, 0.05) is 11.4 Å². The van der Waals surface area contributed by atoms with Gasteiger partial charge in [-0.1, -0.05) is 37.0 Å². The number of thiophene rings is 1. The summed E-state index contributed by atoms with van der Waals surface area (Å²) in [5.41, 5.74) is 2.12. The van der Waals surface area contributed by atoms with Gasteiger partial charge in [-0.05, 0) is 37.3 Å². The van der Waals surface area contributed by atoms with Crippen molar-refractivity contribution in [2.45, 2.75) is 46.2 Å². The second-order valence-corrected chi connectivity index (χ2v) is 6.78. The summed E-state index contributed by atoms with van der Waals surface area (Å²) in [6.45, 7) is 8.08. The molecule has 2 aromatic rings. The molecule has 1 N–H and O–H groups in total. The van der Waals surface area contributed by atoms with Gasteiger partial charge in [-0.2, -0.15) is 5.10 Å². The van der Waals surface area contributed by atoms with Crippen LogP contribution in [-0.4, -0.2) is 16.3 Å². The molecule has 2 rings (SSSR count). The first-order valence-electron chi connectivity index (χ1n) is 7.28. The number of aryl methyl sites for hydroxylation is 2. The topological polar surface area (TPSA) is 29.9 Å². The average Bonchev–Trinajstić information content (AvgIpc) is 2.98. The van der Waals surface area contributed by atoms with Crippen molar-refractivity contribution in [2.24, 2.45) is 0 Å². The summed E-state index contributed by atoms with van der Waals surface area (Å²) in [7, 11) is 0. The number of hydrogen-bond donors (Lipinski definition) is 1. The van der Waals surface area contributed by atoms with Crippen molar-refractivity contribution in [3.8, 4) is 0 Å². The van der Waals surface area contributed by atoms with Crippen molar-refractivity contribution in [1.82, 2.24) is 15.1 Å². The Kier molecular flexibility index (Phi) is 6.11. The van der Waals surface area contributed by atoms with Crippen LogP contribution in [0.15, 0.2) is 11.6 Å². The van der Waals surface area contributed by atoms with Crippen LogP contribution in [0.4, 0.5) is 0 Å². The van der Waals surface area contributed by atoms with Crippen molar-refractivity contribution >= 4 is 34.5 Å². The molecule has 0 saturated heterocycles. The largest absolute Gasteiger partial charge is 0.304 e. The number of nitrogens with one attached hydrogen (secondary N) is 1. The Balaban J connectivity index is 2.45. The van der Waals surface area contributed by atoms with Gasteiger partial charge >= 0.3 is 0 Å². The Morgan fingerprint density at radius 1 is 1.33 bits per heavy atom. The Morgan fingerprint density at radius 2 is 2.10 bits per heavy atom. The molecule has 0 aliphatic rings. The third kappa shape index (κ3) is 3.62. The van der Waals surface area contributed by atoms with Crippen molar-refractivity contribution in [1.29, 1.82) is 0 Å². The number of aromatic nitrogens is 2. The van der Waals surface area contributed by atoms with Crippen LogP contribution in [0.2, 0.25) is 10.0 Å². The predicted molar refractivity (Wildman–Crippen MR) is 91.7 cm³/mol. The maximum absolute atomic E-state index is 6.48. The Bertz CT molecular complexity index is 592. The third-order valence-electron chi connectivity index (χ3n) is 3.33. The number of rotatable bonds is 7. The molecule has 3 nitrogen and oxygen atoms in total. The lowest BCUT2D eigenvalue weighted by Gasteiger charge is -2.20. The normalized spacial score (nSPS) is 12.8. The maximum atomic E-state index is 6.48. The van der Waals surface area contributed by atoms with Crippen LogP contribution in [0, 0.1) is 6.92 Å². The molecule has 1 unspecified atom stereocenters. The zero-order valence-electron chi connectivity index (χ0n) is 12.6. The van der Waals surface area contributed by atoms with E-state index >= 15 is 0 Å². The monoisotopic (exact) mass is 345 g/mol. The first-order valence-corrected chi connectivity index (χ1v) is 8.91. The van der Waals surface area contributed by atoms with Crippen molar-refractivity contribution in [3.05, 3.63) is 37.8 Å². The smallest absolute Gasteiger partial charge is 0.0872 e. The van der Waals surface area contributed by atoms with Gasteiger partial charge in [-0.15, -0.1) is 11.3 Å². The first-order chi connectivity index (χ1) is 10.1. The van der Waals surface area contributed by atoms with Gasteiger partial charge in [0.25, 0.3) is 0 Å². The molecule has 0 bridgehead atoms. The number of nitrogens with zero attached hydrogens (tertiary/aromatic N) is 2. The standard InChI is InChI=1S/C15H21Cl2N3S/c1-4-6-18-13(15-12(17)10(3)9-21-15)14-11(16)8-19-20(14)7-5-2/h8-9,13,18H,4-7H2,1-3H3. The van der Waals surface area contributed by atoms with Crippen LogP contribution >= 0.6 is 34.5 Å². The van der Waals surface area contributed by atoms with E-state index in [4.69, 9.17) is 23.2 Å². The number of hydrogen-bond acceptors (Lipinski definition) is 3. The van der Waals surface area contributed by atoms with Gasteiger partial charge in [-0.3, -0.25) is 4.68 Å². The third-order valence-corrected chi connectivity index (χ3v) is 5.40. The molecule has 0 aliphatic carbocycles. The lowest BCUT2D eigenvalue weighted by atomic mass is 10.1. The highest BCUT2D eigenvalue weighted by Gasteiger charge is 2.25. The lowest BCUT2D eigenvalue weighted by Crippen LogP contribution is -2.25. The van der Waals surface area contributed by atoms with E-state index in [0.717, 1.165) is 47.1 Å². The van der Waals surface area contributed by atoms with Crippen molar-refractivity contribution < 1.29 is 0 Å². The van der Waals surface area contributed by atoms with Gasteiger partial charge in [0.2, 0.25) is 0 Å². The van der Waals surface area contributed by atoms with Crippen LogP contribution in [0.3, 0.4) is 0 Å². The molecule has 21 heavy (non-hydrogen) atoms. The van der Waals surface area contributed by atoms with Crippen LogP contribution in [-0.2, 0) is 6.54 Å². The fraction of sp³-hybridized carbons (Fsp3) is 0.533. The van der Waals surface area contributed by atoms with Gasteiger partial charge in [0.15, 0.2) is 0 Å². The molecule has 0 amide bonds. The molecular weight excluding hydrogens is 325 g/mol. The molecule has 0 fully saturated rings. The van der Waals surface area contributed by atoms with E-state index in [2.05, 4.69) is 29.6 Å². The summed E-state index contributed by atoms with van der Waals surface area (Å²) in [5, 5.41) is 11.6. The van der Waals surface area contributed by atoms with Crippen LogP contribution in [0.25, 0.3) is 0 Å². The minimum absolute atomic E-state index is 0.00213. The molecule has 0 aromatic carbocycles. The van der Waals surface area contributed by atoms with E-state index < -0.39 is 0 Å². The molecule has 0 saturated carbocycles. The van der Waals surface area contributed by atoms with E-state index in [1.807, 2.05) is 11.6 Å². The highest BCUT2D eigenvalue weighted by molar-refractivity contribution is 7.10. The van der Waals surface area contributed by atoms with Crippen molar-refractivity contribution in [3.63, 3.8) is 0 Å². The van der Waals surface area contributed by atoms with E-state index in [1.54, 1.807) is 17.5 Å². The van der Waals surface area contributed by atoms with E-state index in [9.17, 15) is 0 Å². The van der Waals surface area contributed by atoms with E-state index in [0.29, 0.717) is 5.02 Å². The second-order valence-electron chi connectivity index (χ2n) is 5.08. The van der Waals surface area contributed by atoms with E-state index in [-0.39, 0.29) is 6.04 Å². The minimum Gasteiger partial charge on any atom is -0.304 e. The lowest BCUT2D eigenvalue weighted by molar-refractivity contribution is 0.515. The zero-order chi connectivity index (χ0) is 15.4. The number of halogens is 2. The summed E-state index contributed by atoms with van der Waals surface area (Å²) in [5.74, 6) is 0. The van der Waals surface area contributed by atoms with Gasteiger partial charge in [-0.25, -0.2) is 0 Å². The first kappa shape index (κ1) is 16.8. The molecule has 116 valence electrons. The maximum Gasteiger partial charge on any atom is 0.0872 e. The molecule has 0 aliphatic heterocycles. The Labute approximate surface area is 140 Å². The van der Waals surface area contributed by atoms with Gasteiger partial charge in [0.1, 0.15) is 0 Å². The van der Waals surface area contributed by atoms with Crippen LogP contribution in [0.5, 0.6) is 0 Å². The summed E-state index contributed by atoms with van der Waals surface area (Å²) in [6.07, 6.45) is 3.79. The predicted octanol–water partition coefficient (Wildman–Crippen LogP) is 5.06. The molecule has 0 radical (unpaired) electrons. The molecule has 2 heterocycles. The van der Waals surface area contributed by atoms with E-state index in [1.165, 1.54) is 0 Å². The van der Waals surface area contributed by atoms with Gasteiger partial charge in [0.05, 0.1) is 28.0 Å². The van der Waals surface area contributed by atoms with Crippen LogP contribution in [0.1, 0.15) is 48.9 Å². The highest BCUT2D eigenvalue weighted by Crippen LogP contribution is 2.38. The summed E-state index contributed by atoms with van der Waals surface area (Å²) < 4.78 is 1.99.